The number of ether oxygens (including phenoxy) is 1. The minimum Gasteiger partial charge on any atom is -0.376 e. The highest BCUT2D eigenvalue weighted by Crippen LogP contribution is 2.26. The molecule has 2 rings (SSSR count). The van der Waals surface area contributed by atoms with E-state index in [0.29, 0.717) is 0 Å². The van der Waals surface area contributed by atoms with Gasteiger partial charge in [-0.25, -0.2) is 0 Å². The third-order valence-corrected chi connectivity index (χ3v) is 4.01. The molecule has 3 unspecified atom stereocenters. The molecule has 4 nitrogen and oxygen atoms in total. The Labute approximate surface area is 116 Å². The Hall–Kier alpha value is -0.320. The molecule has 1 aliphatic heterocycles. The lowest BCUT2D eigenvalue weighted by Crippen LogP contribution is -2.43. The fourth-order valence-electron chi connectivity index (χ4n) is 2.93. The highest BCUT2D eigenvalue weighted by Gasteiger charge is 2.32. The quantitative estimate of drug-likeness (QED) is 0.851. The molecule has 0 aromatic heterocycles. The van der Waals surface area contributed by atoms with Gasteiger partial charge in [0.25, 0.3) is 0 Å². The molecule has 0 aromatic rings. The van der Waals surface area contributed by atoms with Gasteiger partial charge in [-0.3, -0.25) is 4.79 Å². The average molecular weight is 277 g/mol. The van der Waals surface area contributed by atoms with E-state index < -0.39 is 0 Å². The molecule has 5 heteroatoms. The summed E-state index contributed by atoms with van der Waals surface area (Å²) in [6.45, 7) is 1.57. The number of nitrogens with two attached hydrogens (primary N) is 1. The Bertz CT molecular complexity index is 270. The van der Waals surface area contributed by atoms with Crippen molar-refractivity contribution in [1.29, 1.82) is 0 Å². The zero-order valence-corrected chi connectivity index (χ0v) is 12.0. The number of nitrogens with zero attached hydrogens (tertiary/aromatic N) is 1. The second-order valence-corrected chi connectivity index (χ2v) is 5.41. The van der Waals surface area contributed by atoms with Crippen molar-refractivity contribution in [1.82, 2.24) is 4.90 Å². The van der Waals surface area contributed by atoms with Crippen molar-refractivity contribution in [3.8, 4) is 0 Å². The van der Waals surface area contributed by atoms with Crippen LogP contribution in [0.25, 0.3) is 0 Å². The van der Waals surface area contributed by atoms with Crippen LogP contribution in [0.2, 0.25) is 0 Å². The zero-order chi connectivity index (χ0) is 12.3. The fraction of sp³-hybridized carbons (Fsp3) is 0.923. The summed E-state index contributed by atoms with van der Waals surface area (Å²) in [5.74, 6) is 0.257. The SMILES string of the molecule is CN(CC1CCCCO1)C(=O)C1CCCC1N.Cl. The summed E-state index contributed by atoms with van der Waals surface area (Å²) in [5.41, 5.74) is 5.97. The molecule has 0 radical (unpaired) electrons. The Morgan fingerprint density at radius 2 is 2.06 bits per heavy atom. The predicted octanol–water partition coefficient (Wildman–Crippen LogP) is 1.56. The average Bonchev–Trinajstić information content (AvgIpc) is 2.76. The molecular weight excluding hydrogens is 252 g/mol. The van der Waals surface area contributed by atoms with Gasteiger partial charge < -0.3 is 15.4 Å². The highest BCUT2D eigenvalue weighted by atomic mass is 35.5. The summed E-state index contributed by atoms with van der Waals surface area (Å²) in [7, 11) is 1.88. The van der Waals surface area contributed by atoms with Gasteiger partial charge >= 0.3 is 0 Å². The molecule has 1 saturated heterocycles. The number of rotatable bonds is 3. The molecule has 0 bridgehead atoms. The van der Waals surface area contributed by atoms with Gasteiger partial charge in [0.05, 0.1) is 12.0 Å². The van der Waals surface area contributed by atoms with Crippen LogP contribution >= 0.6 is 12.4 Å². The van der Waals surface area contributed by atoms with Crippen LogP contribution < -0.4 is 5.73 Å². The topological polar surface area (TPSA) is 55.6 Å². The van der Waals surface area contributed by atoms with E-state index in [1.165, 1.54) is 6.42 Å². The minimum absolute atomic E-state index is 0. The molecule has 106 valence electrons. The molecule has 1 aliphatic carbocycles. The van der Waals surface area contributed by atoms with E-state index in [0.717, 1.165) is 45.3 Å². The van der Waals surface area contributed by atoms with E-state index in [4.69, 9.17) is 10.5 Å². The van der Waals surface area contributed by atoms with Crippen molar-refractivity contribution in [2.24, 2.45) is 11.7 Å². The van der Waals surface area contributed by atoms with Gasteiger partial charge in [0, 0.05) is 26.2 Å². The number of halogens is 1. The summed E-state index contributed by atoms with van der Waals surface area (Å²) in [5, 5.41) is 0. The lowest BCUT2D eigenvalue weighted by molar-refractivity contribution is -0.136. The number of likely N-dealkylation sites (N-methyl/N-ethyl adjacent to an activating group) is 1. The Balaban J connectivity index is 0.00000162. The number of hydrogen-bond acceptors (Lipinski definition) is 3. The lowest BCUT2D eigenvalue weighted by atomic mass is 10.0. The maximum Gasteiger partial charge on any atom is 0.227 e. The van der Waals surface area contributed by atoms with Crippen LogP contribution in [0.1, 0.15) is 38.5 Å². The second-order valence-electron chi connectivity index (χ2n) is 5.41. The molecule has 1 amide bonds. The first kappa shape index (κ1) is 15.7. The molecule has 1 saturated carbocycles. The third kappa shape index (κ3) is 3.84. The predicted molar refractivity (Wildman–Crippen MR) is 73.8 cm³/mol. The first-order valence-electron chi connectivity index (χ1n) is 6.80. The van der Waals surface area contributed by atoms with E-state index in [9.17, 15) is 4.79 Å². The van der Waals surface area contributed by atoms with Gasteiger partial charge in [-0.1, -0.05) is 6.42 Å². The number of amides is 1. The van der Waals surface area contributed by atoms with Crippen LogP contribution in [0.5, 0.6) is 0 Å². The molecule has 3 atom stereocenters. The van der Waals surface area contributed by atoms with Crippen molar-refractivity contribution in [3.63, 3.8) is 0 Å². The molecule has 0 spiro atoms. The van der Waals surface area contributed by atoms with Gasteiger partial charge in [-0.05, 0) is 32.1 Å². The fourth-order valence-corrected chi connectivity index (χ4v) is 2.93. The second kappa shape index (κ2) is 7.31. The van der Waals surface area contributed by atoms with E-state index in [2.05, 4.69) is 0 Å². The van der Waals surface area contributed by atoms with Crippen LogP contribution in [0, 0.1) is 5.92 Å². The summed E-state index contributed by atoms with van der Waals surface area (Å²) in [6.07, 6.45) is 6.71. The minimum atomic E-state index is 0. The smallest absolute Gasteiger partial charge is 0.227 e. The number of carbonyl (C=O) groups excluding carboxylic acids is 1. The summed E-state index contributed by atoms with van der Waals surface area (Å²) in [4.78, 5) is 14.0. The summed E-state index contributed by atoms with van der Waals surface area (Å²) in [6, 6.07) is 0.0669. The number of hydrogen-bond donors (Lipinski definition) is 1. The van der Waals surface area contributed by atoms with Crippen LogP contribution in [0.15, 0.2) is 0 Å². The standard InChI is InChI=1S/C13H24N2O2.ClH/c1-15(9-10-5-2-3-8-17-10)13(16)11-6-4-7-12(11)14;/h10-12H,2-9,14H2,1H3;1H. The molecule has 1 heterocycles. The molecule has 0 aromatic carbocycles. The highest BCUT2D eigenvalue weighted by molar-refractivity contribution is 5.85. The van der Waals surface area contributed by atoms with Crippen LogP contribution in [-0.4, -0.2) is 43.2 Å². The largest absolute Gasteiger partial charge is 0.376 e. The molecule has 2 fully saturated rings. The molecule has 2 aliphatic rings. The molecular formula is C13H25ClN2O2. The van der Waals surface area contributed by atoms with Crippen LogP contribution in [0.3, 0.4) is 0 Å². The van der Waals surface area contributed by atoms with Gasteiger partial charge in [-0.15, -0.1) is 12.4 Å². The first-order valence-corrected chi connectivity index (χ1v) is 6.80. The Morgan fingerprint density at radius 1 is 1.28 bits per heavy atom. The summed E-state index contributed by atoms with van der Waals surface area (Å²) < 4.78 is 5.66. The Morgan fingerprint density at radius 3 is 2.61 bits per heavy atom. The Kier molecular flexibility index (Phi) is 6.39. The van der Waals surface area contributed by atoms with Gasteiger partial charge in [0.15, 0.2) is 0 Å². The third-order valence-electron chi connectivity index (χ3n) is 4.01. The van der Waals surface area contributed by atoms with E-state index >= 15 is 0 Å². The summed E-state index contributed by atoms with van der Waals surface area (Å²) >= 11 is 0. The zero-order valence-electron chi connectivity index (χ0n) is 11.1. The number of carbonyl (C=O) groups is 1. The maximum atomic E-state index is 12.2. The van der Waals surface area contributed by atoms with Crippen LogP contribution in [0.4, 0.5) is 0 Å². The first-order chi connectivity index (χ1) is 8.18. The normalized spacial score (nSPS) is 31.8. The van der Waals surface area contributed by atoms with Crippen molar-refractivity contribution in [2.45, 2.75) is 50.7 Å². The van der Waals surface area contributed by atoms with E-state index in [-0.39, 0.29) is 36.4 Å². The van der Waals surface area contributed by atoms with Crippen molar-refractivity contribution < 1.29 is 9.53 Å². The van der Waals surface area contributed by atoms with Gasteiger partial charge in [0.2, 0.25) is 5.91 Å². The molecule has 2 N–H and O–H groups in total. The maximum absolute atomic E-state index is 12.2. The van der Waals surface area contributed by atoms with Crippen LogP contribution in [-0.2, 0) is 9.53 Å². The van der Waals surface area contributed by atoms with Crippen molar-refractivity contribution in [3.05, 3.63) is 0 Å². The van der Waals surface area contributed by atoms with E-state index in [1.54, 1.807) is 0 Å². The van der Waals surface area contributed by atoms with Gasteiger partial charge in [-0.2, -0.15) is 0 Å². The van der Waals surface area contributed by atoms with Crippen molar-refractivity contribution in [2.75, 3.05) is 20.2 Å². The van der Waals surface area contributed by atoms with Gasteiger partial charge in [0.1, 0.15) is 0 Å². The lowest BCUT2D eigenvalue weighted by Gasteiger charge is -2.29. The molecule has 18 heavy (non-hydrogen) atoms. The van der Waals surface area contributed by atoms with E-state index in [1.807, 2.05) is 11.9 Å². The monoisotopic (exact) mass is 276 g/mol. The van der Waals surface area contributed by atoms with Crippen molar-refractivity contribution >= 4 is 18.3 Å².